The van der Waals surface area contributed by atoms with Gasteiger partial charge in [-0.25, -0.2) is 0 Å². The van der Waals surface area contributed by atoms with Crippen LogP contribution in [0.25, 0.3) is 66.1 Å². The third-order valence-corrected chi connectivity index (χ3v) is 11.8. The standard InChI is InChI=1S/C45H26S/c1-2-10-29-25-41-37(23-28(29)9-1)33-14-4-6-17-39(33)45(41)38-16-5-3-13-32(38)36-24-30(20-22-40(36)45)31-19-21-34-35-15-7-11-27-12-8-18-42(44(27)35)46-43(34)26-31/h1-26H. The van der Waals surface area contributed by atoms with Crippen LogP contribution in [-0.2, 0) is 5.41 Å². The van der Waals surface area contributed by atoms with Gasteiger partial charge in [0, 0.05) is 15.2 Å². The second-order valence-corrected chi connectivity index (χ2v) is 13.9. The molecule has 0 saturated heterocycles. The summed E-state index contributed by atoms with van der Waals surface area (Å²) in [5.41, 5.74) is 15.8. The average Bonchev–Trinajstić information content (AvgIpc) is 3.57. The molecule has 212 valence electrons. The first kappa shape index (κ1) is 24.9. The summed E-state index contributed by atoms with van der Waals surface area (Å²) in [6.45, 7) is 0. The molecule has 0 aromatic heterocycles. The summed E-state index contributed by atoms with van der Waals surface area (Å²) in [7, 11) is 0. The van der Waals surface area contributed by atoms with Gasteiger partial charge in [-0.15, -0.1) is 0 Å². The summed E-state index contributed by atoms with van der Waals surface area (Å²) >= 11 is 1.90. The highest BCUT2D eigenvalue weighted by molar-refractivity contribution is 7.99. The van der Waals surface area contributed by atoms with Gasteiger partial charge < -0.3 is 0 Å². The fourth-order valence-corrected chi connectivity index (χ4v) is 9.94. The van der Waals surface area contributed by atoms with Gasteiger partial charge in [0.25, 0.3) is 0 Å². The van der Waals surface area contributed by atoms with E-state index in [2.05, 4.69) is 158 Å². The molecule has 1 heterocycles. The van der Waals surface area contributed by atoms with Gasteiger partial charge in [-0.3, -0.25) is 0 Å². The molecule has 2 aliphatic carbocycles. The molecule has 1 atom stereocenters. The van der Waals surface area contributed by atoms with Crippen molar-refractivity contribution in [2.45, 2.75) is 15.2 Å². The molecular formula is C45H26S. The van der Waals surface area contributed by atoms with Gasteiger partial charge >= 0.3 is 0 Å². The Labute approximate surface area is 272 Å². The lowest BCUT2D eigenvalue weighted by atomic mass is 9.70. The normalized spacial score (nSPS) is 16.3. The van der Waals surface area contributed by atoms with Crippen LogP contribution in [0, 0.1) is 0 Å². The predicted molar refractivity (Wildman–Crippen MR) is 193 cm³/mol. The van der Waals surface area contributed by atoms with Crippen LogP contribution in [0.15, 0.2) is 168 Å². The van der Waals surface area contributed by atoms with E-state index in [9.17, 15) is 0 Å². The molecule has 8 aromatic carbocycles. The van der Waals surface area contributed by atoms with E-state index >= 15 is 0 Å². The topological polar surface area (TPSA) is 0 Å². The molecule has 1 aliphatic heterocycles. The largest absolute Gasteiger partial charge is 0.0888 e. The molecule has 1 heteroatoms. The van der Waals surface area contributed by atoms with Crippen molar-refractivity contribution < 1.29 is 0 Å². The summed E-state index contributed by atoms with van der Waals surface area (Å²) < 4.78 is 0. The Morgan fingerprint density at radius 3 is 1.72 bits per heavy atom. The van der Waals surface area contributed by atoms with E-state index in [1.807, 2.05) is 11.8 Å². The maximum absolute atomic E-state index is 2.46. The van der Waals surface area contributed by atoms with E-state index in [0.717, 1.165) is 0 Å². The number of hydrogen-bond donors (Lipinski definition) is 0. The molecule has 8 aromatic rings. The van der Waals surface area contributed by atoms with E-state index < -0.39 is 0 Å². The van der Waals surface area contributed by atoms with Gasteiger partial charge in [0.05, 0.1) is 5.41 Å². The quantitative estimate of drug-likeness (QED) is 0.181. The molecule has 3 aliphatic rings. The lowest BCUT2D eigenvalue weighted by molar-refractivity contribution is 0.795. The van der Waals surface area contributed by atoms with Crippen LogP contribution >= 0.6 is 11.8 Å². The molecule has 0 radical (unpaired) electrons. The molecule has 0 N–H and O–H groups in total. The molecule has 0 bridgehead atoms. The van der Waals surface area contributed by atoms with Crippen LogP contribution in [0.1, 0.15) is 22.3 Å². The first-order valence-electron chi connectivity index (χ1n) is 16.0. The minimum Gasteiger partial charge on any atom is -0.0888 e. The zero-order valence-corrected chi connectivity index (χ0v) is 25.7. The van der Waals surface area contributed by atoms with Crippen LogP contribution in [-0.4, -0.2) is 0 Å². The fourth-order valence-electron chi connectivity index (χ4n) is 8.75. The maximum Gasteiger partial charge on any atom is 0.0725 e. The van der Waals surface area contributed by atoms with Crippen LogP contribution < -0.4 is 0 Å². The van der Waals surface area contributed by atoms with Crippen molar-refractivity contribution in [1.29, 1.82) is 0 Å². The molecular weight excluding hydrogens is 573 g/mol. The van der Waals surface area contributed by atoms with E-state index in [-0.39, 0.29) is 5.41 Å². The molecule has 11 rings (SSSR count). The van der Waals surface area contributed by atoms with Crippen molar-refractivity contribution >= 4 is 33.3 Å². The predicted octanol–water partition coefficient (Wildman–Crippen LogP) is 12.1. The van der Waals surface area contributed by atoms with Gasteiger partial charge in [0.15, 0.2) is 0 Å². The summed E-state index contributed by atoms with van der Waals surface area (Å²) in [4.78, 5) is 2.67. The summed E-state index contributed by atoms with van der Waals surface area (Å²) in [5, 5.41) is 5.27. The minimum absolute atomic E-state index is 0.339. The highest BCUT2D eigenvalue weighted by atomic mass is 32.2. The SMILES string of the molecule is c1ccc2c(c1)-c1cc(-c3ccc4c(c3)Sc3cccc5cccc-4c35)ccc1C21c2ccccc2-c2cc3ccccc3cc21. The maximum atomic E-state index is 2.46. The lowest BCUT2D eigenvalue weighted by Crippen LogP contribution is -2.25. The zero-order valence-electron chi connectivity index (χ0n) is 24.9. The Bertz CT molecular complexity index is 2620. The van der Waals surface area contributed by atoms with Crippen LogP contribution in [0.2, 0.25) is 0 Å². The Morgan fingerprint density at radius 1 is 0.326 bits per heavy atom. The van der Waals surface area contributed by atoms with Gasteiger partial charge in [-0.2, -0.15) is 0 Å². The van der Waals surface area contributed by atoms with Crippen LogP contribution in [0.5, 0.6) is 0 Å². The lowest BCUT2D eigenvalue weighted by Gasteiger charge is -2.30. The Balaban J connectivity index is 1.14. The van der Waals surface area contributed by atoms with Gasteiger partial charge in [0.2, 0.25) is 0 Å². The molecule has 0 amide bonds. The van der Waals surface area contributed by atoms with Gasteiger partial charge in [-0.1, -0.05) is 139 Å². The van der Waals surface area contributed by atoms with Crippen LogP contribution in [0.4, 0.5) is 0 Å². The molecule has 0 nitrogen and oxygen atoms in total. The van der Waals surface area contributed by atoms with Crippen molar-refractivity contribution in [2.75, 3.05) is 0 Å². The number of fused-ring (bicyclic) bond motifs is 13. The minimum atomic E-state index is -0.339. The van der Waals surface area contributed by atoms with Crippen molar-refractivity contribution in [1.82, 2.24) is 0 Å². The third-order valence-electron chi connectivity index (χ3n) is 10.6. The second-order valence-electron chi connectivity index (χ2n) is 12.8. The Kier molecular flexibility index (Phi) is 4.80. The molecule has 0 fully saturated rings. The van der Waals surface area contributed by atoms with Crippen molar-refractivity contribution in [3.05, 3.63) is 180 Å². The molecule has 46 heavy (non-hydrogen) atoms. The summed E-state index contributed by atoms with van der Waals surface area (Å²) in [6, 6.07) is 59.5. The number of hydrogen-bond acceptors (Lipinski definition) is 1. The summed E-state index contributed by atoms with van der Waals surface area (Å²) in [5.74, 6) is 0. The first-order chi connectivity index (χ1) is 22.8. The smallest absolute Gasteiger partial charge is 0.0725 e. The number of benzene rings is 8. The van der Waals surface area contributed by atoms with Crippen molar-refractivity contribution in [3.63, 3.8) is 0 Å². The third kappa shape index (κ3) is 3.06. The molecule has 0 saturated carbocycles. The van der Waals surface area contributed by atoms with Gasteiger partial charge in [0.1, 0.15) is 0 Å². The summed E-state index contributed by atoms with van der Waals surface area (Å²) in [6.07, 6.45) is 0. The average molecular weight is 599 g/mol. The molecule has 1 spiro atoms. The van der Waals surface area contributed by atoms with E-state index in [4.69, 9.17) is 0 Å². The molecule has 1 unspecified atom stereocenters. The van der Waals surface area contributed by atoms with Crippen LogP contribution in [0.3, 0.4) is 0 Å². The first-order valence-corrected chi connectivity index (χ1v) is 16.8. The monoisotopic (exact) mass is 598 g/mol. The highest BCUT2D eigenvalue weighted by Crippen LogP contribution is 2.63. The highest BCUT2D eigenvalue weighted by Gasteiger charge is 2.51. The van der Waals surface area contributed by atoms with Gasteiger partial charge in [-0.05, 0) is 113 Å². The zero-order chi connectivity index (χ0) is 30.0. The number of rotatable bonds is 1. The Morgan fingerprint density at radius 2 is 0.913 bits per heavy atom. The Hall–Kier alpha value is -5.37. The van der Waals surface area contributed by atoms with E-state index in [1.54, 1.807) is 0 Å². The van der Waals surface area contributed by atoms with Crippen molar-refractivity contribution in [2.24, 2.45) is 0 Å². The fraction of sp³-hybridized carbons (Fsp3) is 0.0222. The van der Waals surface area contributed by atoms with E-state index in [1.165, 1.54) is 98.1 Å². The van der Waals surface area contributed by atoms with E-state index in [0.29, 0.717) is 0 Å². The van der Waals surface area contributed by atoms with Crippen molar-refractivity contribution in [3.8, 4) is 44.5 Å². The second kappa shape index (κ2) is 8.88.